The molecule has 4 fully saturated rings. The number of hydrogen-bond acceptors (Lipinski definition) is 12. The summed E-state index contributed by atoms with van der Waals surface area (Å²) in [5.41, 5.74) is 0. The molecule has 51 heavy (non-hydrogen) atoms. The van der Waals surface area contributed by atoms with Gasteiger partial charge >= 0.3 is 41.6 Å². The van der Waals surface area contributed by atoms with Crippen LogP contribution in [0.1, 0.15) is 105 Å². The molecule has 4 heterocycles. The normalized spacial score (nSPS) is 22.4. The molecule has 0 aromatic rings. The van der Waals surface area contributed by atoms with Crippen LogP contribution in [-0.2, 0) is 29.4 Å². The number of fused-ring (bicyclic) bond motifs is 4. The summed E-state index contributed by atoms with van der Waals surface area (Å²) >= 11 is 0. The summed E-state index contributed by atoms with van der Waals surface area (Å²) < 4.78 is 72.1. The van der Waals surface area contributed by atoms with Gasteiger partial charge in [-0.1, -0.05) is 53.4 Å². The minimum Gasteiger partial charge on any atom is -0.724 e. The Labute approximate surface area is 343 Å². The quantitative estimate of drug-likeness (QED) is 0.0695. The van der Waals surface area contributed by atoms with E-state index < -0.39 is 57.0 Å². The molecule has 4 bridgehead atoms. The fourth-order valence-corrected chi connectivity index (χ4v) is 7.33. The summed E-state index contributed by atoms with van der Waals surface area (Å²) in [6, 6.07) is 0.300. The van der Waals surface area contributed by atoms with Gasteiger partial charge in [-0.2, -0.15) is 29.2 Å². The van der Waals surface area contributed by atoms with E-state index in [4.69, 9.17) is 10.5 Å². The van der Waals surface area contributed by atoms with Crippen LogP contribution >= 0.6 is 24.0 Å². The topological polar surface area (TPSA) is 228 Å². The second kappa shape index (κ2) is 23.7. The maximum atomic E-state index is 11.6. The number of hydroxylamine groups is 4. The van der Waals surface area contributed by atoms with Crippen molar-refractivity contribution in [2.24, 2.45) is 0 Å². The molecule has 17 nitrogen and oxygen atoms in total. The van der Waals surface area contributed by atoms with Gasteiger partial charge in [-0.25, -0.2) is 26.4 Å². The zero-order chi connectivity index (χ0) is 36.8. The smallest absolute Gasteiger partial charge is 0.724 e. The van der Waals surface area contributed by atoms with Crippen LogP contribution < -0.4 is 29.6 Å². The van der Waals surface area contributed by atoms with Crippen molar-refractivity contribution in [3.63, 3.8) is 0 Å². The van der Waals surface area contributed by atoms with Gasteiger partial charge in [0, 0.05) is 13.1 Å². The third kappa shape index (κ3) is 15.7. The number of nitriles is 2. The van der Waals surface area contributed by atoms with E-state index in [9.17, 15) is 35.5 Å². The number of piperidine rings is 2. The molecule has 4 atom stereocenters. The number of nitrogens with zero attached hydrogens (tertiary/aromatic N) is 7. The van der Waals surface area contributed by atoms with E-state index in [-0.39, 0.29) is 66.6 Å². The molecule has 0 N–H and O–H groups in total. The van der Waals surface area contributed by atoms with Crippen molar-refractivity contribution in [3.05, 3.63) is 0 Å². The second-order valence-corrected chi connectivity index (χ2v) is 14.8. The van der Waals surface area contributed by atoms with Gasteiger partial charge < -0.3 is 23.4 Å². The van der Waals surface area contributed by atoms with Crippen LogP contribution in [-0.4, -0.2) is 126 Å². The largest absolute Gasteiger partial charge is 1.00 e. The third-order valence-corrected chi connectivity index (χ3v) is 9.92. The van der Waals surface area contributed by atoms with Crippen LogP contribution in [0.5, 0.6) is 0 Å². The average Bonchev–Trinajstić information content (AvgIpc) is 3.43. The van der Waals surface area contributed by atoms with Crippen molar-refractivity contribution in [2.75, 3.05) is 39.3 Å². The van der Waals surface area contributed by atoms with Crippen LogP contribution in [0.3, 0.4) is 0 Å². The van der Waals surface area contributed by atoms with Crippen LogP contribution in [0.15, 0.2) is 0 Å². The number of quaternary nitrogens is 1. The Morgan fingerprint density at radius 3 is 1.20 bits per heavy atom. The SMILES string of the molecule is CCCC[N+](CCCC)(CCCC)CCCC.I.N#C[C@@H]1CC[C@@H]2CN1C(=O)N2OS(=O)(=O)[O-].N#C[C@@H]1CC[C@@H]2CN1C(=O)N2OS(=O)(=O)[O-].[Na+]. The molecule has 0 aromatic heterocycles. The van der Waals surface area contributed by atoms with E-state index in [0.29, 0.717) is 35.8 Å². The summed E-state index contributed by atoms with van der Waals surface area (Å²) in [7, 11) is -9.92. The molecule has 0 unspecified atom stereocenters. The van der Waals surface area contributed by atoms with E-state index in [1.807, 2.05) is 12.1 Å². The standard InChI is InChI=1S/C16H36N.2C7H9N3O5S.HI.Na/c1-5-9-13-17(14-10-6-2,15-11-7-3)16-12-8-4;2*8-3-5-1-2-6-4-9(5)7(11)10(6)15-16(12,13)14;;/h5-16H2,1-4H3;2*5-6H,1-2,4H2,(H,12,13,14);1H;/q+1;;;;+1/p-2/t;2*5-,6+;;/m.00../s1. The first-order valence-electron chi connectivity index (χ1n) is 17.2. The number of carbonyl (C=O) groups is 2. The average molecular weight is 886 g/mol. The number of rotatable bonds is 16. The maximum Gasteiger partial charge on any atom is 1.00 e. The van der Waals surface area contributed by atoms with Crippen LogP contribution in [0.4, 0.5) is 9.59 Å². The third-order valence-electron chi connectivity index (χ3n) is 9.23. The zero-order valence-corrected chi connectivity index (χ0v) is 36.4. The molecule has 0 aromatic carbocycles. The van der Waals surface area contributed by atoms with Crippen molar-refractivity contribution in [1.82, 2.24) is 19.9 Å². The van der Waals surface area contributed by atoms with Crippen molar-refractivity contribution in [2.45, 2.75) is 129 Å². The second-order valence-electron chi connectivity index (χ2n) is 12.9. The molecule has 0 spiro atoms. The van der Waals surface area contributed by atoms with Crippen LogP contribution in [0, 0.1) is 22.7 Å². The first kappa shape index (κ1) is 49.9. The Balaban J connectivity index is 0.000000721. The molecular formula is C30H53IN7NaO10S2. The number of urea groups is 2. The molecule has 4 rings (SSSR count). The molecule has 4 saturated heterocycles. The predicted octanol–water partition coefficient (Wildman–Crippen LogP) is 0.966. The molecule has 0 radical (unpaired) electrons. The Hall–Kier alpha value is -1.05. The van der Waals surface area contributed by atoms with Crippen molar-refractivity contribution < 1.29 is 78.1 Å². The van der Waals surface area contributed by atoms with Gasteiger partial charge in [0.2, 0.25) is 20.8 Å². The predicted molar refractivity (Wildman–Crippen MR) is 189 cm³/mol. The Morgan fingerprint density at radius 2 is 0.961 bits per heavy atom. The molecule has 21 heteroatoms. The van der Waals surface area contributed by atoms with Gasteiger partial charge in [0.15, 0.2) is 0 Å². The molecule has 4 aliphatic rings. The molecule has 0 aliphatic carbocycles. The van der Waals surface area contributed by atoms with E-state index in [1.165, 1.54) is 91.8 Å². The monoisotopic (exact) mass is 885 g/mol. The van der Waals surface area contributed by atoms with Gasteiger partial charge in [-0.05, 0) is 51.4 Å². The minimum atomic E-state index is -4.96. The number of amides is 4. The Morgan fingerprint density at radius 1 is 0.667 bits per heavy atom. The molecule has 4 amide bonds. The summed E-state index contributed by atoms with van der Waals surface area (Å²) in [4.78, 5) is 25.6. The summed E-state index contributed by atoms with van der Waals surface area (Å²) in [5.74, 6) is 0. The first-order chi connectivity index (χ1) is 23.1. The van der Waals surface area contributed by atoms with Crippen molar-refractivity contribution in [1.29, 1.82) is 10.5 Å². The number of carbonyl (C=O) groups excluding carboxylic acids is 2. The Kier molecular flexibility index (Phi) is 23.2. The molecule has 288 valence electrons. The zero-order valence-electron chi connectivity index (χ0n) is 30.5. The van der Waals surface area contributed by atoms with Gasteiger partial charge in [0.1, 0.15) is 12.1 Å². The van der Waals surface area contributed by atoms with Crippen LogP contribution in [0.2, 0.25) is 0 Å². The van der Waals surface area contributed by atoms with Crippen molar-refractivity contribution in [3.8, 4) is 12.1 Å². The fourth-order valence-electron chi connectivity index (χ4n) is 6.57. The van der Waals surface area contributed by atoms with Gasteiger partial charge in [0.25, 0.3) is 0 Å². The van der Waals surface area contributed by atoms with E-state index in [1.54, 1.807) is 0 Å². The summed E-state index contributed by atoms with van der Waals surface area (Å²) in [6.45, 7) is 15.4. The molecule has 0 saturated carbocycles. The van der Waals surface area contributed by atoms with Gasteiger partial charge in [0.05, 0.1) is 50.4 Å². The number of hydrogen-bond donors (Lipinski definition) is 0. The van der Waals surface area contributed by atoms with Crippen molar-refractivity contribution >= 4 is 56.8 Å². The Bertz CT molecular complexity index is 1280. The summed E-state index contributed by atoms with van der Waals surface area (Å²) in [6.07, 6.45) is 12.8. The number of halogens is 1. The van der Waals surface area contributed by atoms with E-state index in [0.717, 1.165) is 0 Å². The van der Waals surface area contributed by atoms with Crippen LogP contribution in [0.25, 0.3) is 0 Å². The fraction of sp³-hybridized carbons (Fsp3) is 0.867. The molecule has 4 aliphatic heterocycles. The minimum absolute atomic E-state index is 0. The summed E-state index contributed by atoms with van der Waals surface area (Å²) in [5, 5.41) is 18.6. The van der Waals surface area contributed by atoms with E-state index in [2.05, 4.69) is 36.3 Å². The first-order valence-corrected chi connectivity index (χ1v) is 19.9. The van der Waals surface area contributed by atoms with E-state index >= 15 is 0 Å². The van der Waals surface area contributed by atoms with Gasteiger partial charge in [-0.3, -0.25) is 0 Å². The maximum absolute atomic E-state index is 11.6. The number of unbranched alkanes of at least 4 members (excludes halogenated alkanes) is 4. The van der Waals surface area contributed by atoms with Gasteiger partial charge in [-0.15, -0.1) is 24.0 Å². The molecular weight excluding hydrogens is 832 g/mol.